The monoisotopic (exact) mass is 351 g/mol. The summed E-state index contributed by atoms with van der Waals surface area (Å²) in [5.74, 6) is 0.205. The third-order valence-corrected chi connectivity index (χ3v) is 3.71. The van der Waals surface area contributed by atoms with E-state index in [0.29, 0.717) is 38.5 Å². The minimum Gasteiger partial charge on any atom is -0.484 e. The van der Waals surface area contributed by atoms with Gasteiger partial charge in [-0.05, 0) is 37.5 Å². The van der Waals surface area contributed by atoms with Gasteiger partial charge in [-0.3, -0.25) is 9.59 Å². The standard InChI is InChI=1S/C19H29NO5/c1-4-16-7-9-17(10-8-16)25-15-18(21)20(12-6-14-23-3)13-11-19(22)24-5-2/h7-10H,4-6,11-15H2,1-3H3. The third kappa shape index (κ3) is 8.54. The van der Waals surface area contributed by atoms with Gasteiger partial charge in [-0.2, -0.15) is 0 Å². The summed E-state index contributed by atoms with van der Waals surface area (Å²) in [6.45, 7) is 5.53. The van der Waals surface area contributed by atoms with Crippen molar-refractivity contribution >= 4 is 11.9 Å². The molecule has 0 unspecified atom stereocenters. The minimum absolute atomic E-state index is 0.0543. The number of carbonyl (C=O) groups excluding carboxylic acids is 2. The van der Waals surface area contributed by atoms with Crippen molar-refractivity contribution in [1.29, 1.82) is 0 Å². The Balaban J connectivity index is 2.52. The molecule has 1 aromatic rings. The highest BCUT2D eigenvalue weighted by Gasteiger charge is 2.16. The van der Waals surface area contributed by atoms with Gasteiger partial charge in [0.15, 0.2) is 6.61 Å². The van der Waals surface area contributed by atoms with Gasteiger partial charge in [0.1, 0.15) is 5.75 Å². The second-order valence-electron chi connectivity index (χ2n) is 5.57. The van der Waals surface area contributed by atoms with E-state index in [9.17, 15) is 9.59 Å². The van der Waals surface area contributed by atoms with Crippen molar-refractivity contribution in [3.63, 3.8) is 0 Å². The van der Waals surface area contributed by atoms with Crippen LogP contribution in [0.3, 0.4) is 0 Å². The molecular weight excluding hydrogens is 322 g/mol. The molecule has 6 heteroatoms. The minimum atomic E-state index is -0.303. The van der Waals surface area contributed by atoms with Gasteiger partial charge in [-0.25, -0.2) is 0 Å². The Kier molecular flexibility index (Phi) is 10.3. The van der Waals surface area contributed by atoms with Gasteiger partial charge in [-0.15, -0.1) is 0 Å². The Bertz CT molecular complexity index is 515. The number of carbonyl (C=O) groups is 2. The van der Waals surface area contributed by atoms with E-state index in [2.05, 4.69) is 6.92 Å². The van der Waals surface area contributed by atoms with Crippen LogP contribution in [0, 0.1) is 0 Å². The van der Waals surface area contributed by atoms with Crippen LogP contribution in [-0.2, 0) is 25.5 Å². The number of hydrogen-bond acceptors (Lipinski definition) is 5. The van der Waals surface area contributed by atoms with E-state index in [-0.39, 0.29) is 24.9 Å². The molecule has 0 N–H and O–H groups in total. The zero-order chi connectivity index (χ0) is 18.5. The lowest BCUT2D eigenvalue weighted by atomic mass is 10.2. The maximum Gasteiger partial charge on any atom is 0.307 e. The molecule has 0 bridgehead atoms. The first kappa shape index (κ1) is 21.0. The van der Waals surface area contributed by atoms with Crippen molar-refractivity contribution in [1.82, 2.24) is 4.90 Å². The van der Waals surface area contributed by atoms with Gasteiger partial charge < -0.3 is 19.1 Å². The van der Waals surface area contributed by atoms with E-state index in [0.717, 1.165) is 6.42 Å². The molecule has 0 spiro atoms. The number of nitrogens with zero attached hydrogens (tertiary/aromatic N) is 1. The smallest absolute Gasteiger partial charge is 0.307 e. The SMILES string of the molecule is CCOC(=O)CCN(CCCOC)C(=O)COc1ccc(CC)cc1. The van der Waals surface area contributed by atoms with Crippen LogP contribution in [0.4, 0.5) is 0 Å². The number of aryl methyl sites for hydroxylation is 1. The summed E-state index contributed by atoms with van der Waals surface area (Å²) in [6.07, 6.45) is 1.84. The molecule has 25 heavy (non-hydrogen) atoms. The molecule has 0 saturated heterocycles. The van der Waals surface area contributed by atoms with Crippen LogP contribution >= 0.6 is 0 Å². The lowest BCUT2D eigenvalue weighted by Crippen LogP contribution is -2.37. The fraction of sp³-hybridized carbons (Fsp3) is 0.579. The molecule has 0 saturated carbocycles. The van der Waals surface area contributed by atoms with Crippen LogP contribution in [0.15, 0.2) is 24.3 Å². The van der Waals surface area contributed by atoms with Crippen LogP contribution in [0.2, 0.25) is 0 Å². The average molecular weight is 351 g/mol. The van der Waals surface area contributed by atoms with Crippen LogP contribution in [0.5, 0.6) is 5.75 Å². The summed E-state index contributed by atoms with van der Waals surface area (Å²) in [5.41, 5.74) is 1.22. The molecule has 1 rings (SSSR count). The van der Waals surface area contributed by atoms with Gasteiger partial charge in [0.25, 0.3) is 5.91 Å². The quantitative estimate of drug-likeness (QED) is 0.427. The molecule has 1 amide bonds. The zero-order valence-corrected chi connectivity index (χ0v) is 15.5. The first-order valence-corrected chi connectivity index (χ1v) is 8.74. The zero-order valence-electron chi connectivity index (χ0n) is 15.5. The van der Waals surface area contributed by atoms with Gasteiger partial charge in [0, 0.05) is 26.8 Å². The Hall–Kier alpha value is -2.08. The highest BCUT2D eigenvalue weighted by Crippen LogP contribution is 2.12. The van der Waals surface area contributed by atoms with E-state index in [1.165, 1.54) is 5.56 Å². The summed E-state index contributed by atoms with van der Waals surface area (Å²) in [5, 5.41) is 0. The number of esters is 1. The number of methoxy groups -OCH3 is 1. The fourth-order valence-electron chi connectivity index (χ4n) is 2.28. The molecule has 0 heterocycles. The summed E-state index contributed by atoms with van der Waals surface area (Å²) >= 11 is 0. The van der Waals surface area contributed by atoms with Gasteiger partial charge in [0.05, 0.1) is 13.0 Å². The number of ether oxygens (including phenoxy) is 3. The summed E-state index contributed by atoms with van der Waals surface area (Å²) in [7, 11) is 1.62. The van der Waals surface area contributed by atoms with Crippen LogP contribution in [0.1, 0.15) is 32.3 Å². The summed E-state index contributed by atoms with van der Waals surface area (Å²) < 4.78 is 15.5. The topological polar surface area (TPSA) is 65.1 Å². The van der Waals surface area contributed by atoms with E-state index < -0.39 is 0 Å². The van der Waals surface area contributed by atoms with Crippen molar-refractivity contribution in [2.45, 2.75) is 33.1 Å². The lowest BCUT2D eigenvalue weighted by Gasteiger charge is -2.22. The number of rotatable bonds is 12. The van der Waals surface area contributed by atoms with Crippen molar-refractivity contribution in [2.24, 2.45) is 0 Å². The van der Waals surface area contributed by atoms with Gasteiger partial charge in [-0.1, -0.05) is 19.1 Å². The van der Waals surface area contributed by atoms with Crippen molar-refractivity contribution in [3.05, 3.63) is 29.8 Å². The molecule has 0 aromatic heterocycles. The second-order valence-corrected chi connectivity index (χ2v) is 5.57. The Morgan fingerprint density at radius 3 is 2.40 bits per heavy atom. The summed E-state index contributed by atoms with van der Waals surface area (Å²) in [4.78, 5) is 25.6. The molecule has 140 valence electrons. The van der Waals surface area contributed by atoms with E-state index >= 15 is 0 Å². The first-order chi connectivity index (χ1) is 12.1. The molecule has 0 aliphatic rings. The molecule has 0 atom stereocenters. The van der Waals surface area contributed by atoms with Crippen molar-refractivity contribution in [3.8, 4) is 5.75 Å². The third-order valence-electron chi connectivity index (χ3n) is 3.71. The fourth-order valence-corrected chi connectivity index (χ4v) is 2.28. The number of benzene rings is 1. The van der Waals surface area contributed by atoms with E-state index in [1.54, 1.807) is 18.9 Å². The highest BCUT2D eigenvalue weighted by molar-refractivity contribution is 5.78. The molecule has 0 fully saturated rings. The van der Waals surface area contributed by atoms with E-state index in [1.807, 2.05) is 24.3 Å². The molecule has 0 radical (unpaired) electrons. The second kappa shape index (κ2) is 12.3. The average Bonchev–Trinajstić information content (AvgIpc) is 2.63. The first-order valence-electron chi connectivity index (χ1n) is 8.74. The van der Waals surface area contributed by atoms with Crippen molar-refractivity contribution in [2.75, 3.05) is 40.0 Å². The maximum absolute atomic E-state index is 12.4. The largest absolute Gasteiger partial charge is 0.484 e. The normalized spacial score (nSPS) is 10.4. The molecule has 0 aliphatic carbocycles. The molecular formula is C19H29NO5. The molecule has 1 aromatic carbocycles. The van der Waals surface area contributed by atoms with Crippen LogP contribution in [0.25, 0.3) is 0 Å². The van der Waals surface area contributed by atoms with Gasteiger partial charge >= 0.3 is 5.97 Å². The summed E-state index contributed by atoms with van der Waals surface area (Å²) in [6, 6.07) is 7.69. The molecule has 6 nitrogen and oxygen atoms in total. The lowest BCUT2D eigenvalue weighted by molar-refractivity contribution is -0.144. The number of hydrogen-bond donors (Lipinski definition) is 0. The highest BCUT2D eigenvalue weighted by atomic mass is 16.5. The van der Waals surface area contributed by atoms with Gasteiger partial charge in [0.2, 0.25) is 0 Å². The Morgan fingerprint density at radius 1 is 1.08 bits per heavy atom. The maximum atomic E-state index is 12.4. The Labute approximate surface area is 150 Å². The van der Waals surface area contributed by atoms with E-state index in [4.69, 9.17) is 14.2 Å². The van der Waals surface area contributed by atoms with Crippen molar-refractivity contribution < 1.29 is 23.8 Å². The predicted molar refractivity (Wildman–Crippen MR) is 95.6 cm³/mol. The van der Waals surface area contributed by atoms with Crippen LogP contribution < -0.4 is 4.74 Å². The van der Waals surface area contributed by atoms with Crippen LogP contribution in [-0.4, -0.2) is 56.8 Å². The Morgan fingerprint density at radius 2 is 1.80 bits per heavy atom. The molecule has 0 aliphatic heterocycles. The number of amides is 1. The predicted octanol–water partition coefficient (Wildman–Crippen LogP) is 2.45.